The standard InChI is InChI=1S/C14H11ClFNO/c1-9-3-2-4-10(7-9)14(18)17-13-8-11(16)5-6-12(13)15/h2-8H,1H3,(H,17,18). The third kappa shape index (κ3) is 2.87. The van der Waals surface area contributed by atoms with Crippen LogP contribution < -0.4 is 5.32 Å². The molecule has 0 aliphatic carbocycles. The Morgan fingerprint density at radius 3 is 2.72 bits per heavy atom. The fourth-order valence-corrected chi connectivity index (χ4v) is 1.74. The zero-order valence-corrected chi connectivity index (χ0v) is 10.5. The molecule has 1 N–H and O–H groups in total. The summed E-state index contributed by atoms with van der Waals surface area (Å²) in [6, 6.07) is 11.0. The summed E-state index contributed by atoms with van der Waals surface area (Å²) in [5.41, 5.74) is 1.76. The predicted molar refractivity (Wildman–Crippen MR) is 70.5 cm³/mol. The van der Waals surface area contributed by atoms with Crippen molar-refractivity contribution < 1.29 is 9.18 Å². The number of carbonyl (C=O) groups excluding carboxylic acids is 1. The number of hydrogen-bond acceptors (Lipinski definition) is 1. The SMILES string of the molecule is Cc1cccc(C(=O)Nc2cc(F)ccc2Cl)c1. The molecule has 4 heteroatoms. The minimum Gasteiger partial charge on any atom is -0.321 e. The first-order chi connectivity index (χ1) is 8.56. The van der Waals surface area contributed by atoms with Crippen LogP contribution >= 0.6 is 11.6 Å². The maximum absolute atomic E-state index is 13.1. The first-order valence-electron chi connectivity index (χ1n) is 5.39. The van der Waals surface area contributed by atoms with Gasteiger partial charge in [0.25, 0.3) is 5.91 Å². The third-order valence-electron chi connectivity index (χ3n) is 2.46. The highest BCUT2D eigenvalue weighted by Gasteiger charge is 2.09. The van der Waals surface area contributed by atoms with E-state index in [0.717, 1.165) is 5.56 Å². The zero-order valence-electron chi connectivity index (χ0n) is 9.71. The number of carbonyl (C=O) groups is 1. The summed E-state index contributed by atoms with van der Waals surface area (Å²) in [5.74, 6) is -0.759. The van der Waals surface area contributed by atoms with Gasteiger partial charge in [0.1, 0.15) is 5.82 Å². The van der Waals surface area contributed by atoms with Crippen molar-refractivity contribution in [3.63, 3.8) is 0 Å². The van der Waals surface area contributed by atoms with Crippen molar-refractivity contribution in [2.45, 2.75) is 6.92 Å². The number of amides is 1. The number of hydrogen-bond donors (Lipinski definition) is 1. The van der Waals surface area contributed by atoms with E-state index in [0.29, 0.717) is 10.6 Å². The zero-order chi connectivity index (χ0) is 13.1. The lowest BCUT2D eigenvalue weighted by atomic mass is 10.1. The molecule has 0 unspecified atom stereocenters. The molecule has 0 fully saturated rings. The molecule has 0 saturated heterocycles. The van der Waals surface area contributed by atoms with E-state index in [-0.39, 0.29) is 11.6 Å². The highest BCUT2D eigenvalue weighted by atomic mass is 35.5. The molecule has 0 aliphatic rings. The van der Waals surface area contributed by atoms with Gasteiger partial charge in [-0.2, -0.15) is 0 Å². The van der Waals surface area contributed by atoms with Gasteiger partial charge in [0.15, 0.2) is 0 Å². The van der Waals surface area contributed by atoms with Crippen molar-refractivity contribution in [3.05, 3.63) is 64.4 Å². The Balaban J connectivity index is 2.24. The topological polar surface area (TPSA) is 29.1 Å². The smallest absolute Gasteiger partial charge is 0.255 e. The van der Waals surface area contributed by atoms with E-state index >= 15 is 0 Å². The van der Waals surface area contributed by atoms with E-state index in [9.17, 15) is 9.18 Å². The van der Waals surface area contributed by atoms with Crippen molar-refractivity contribution in [2.24, 2.45) is 0 Å². The second-order valence-corrected chi connectivity index (χ2v) is 4.35. The monoisotopic (exact) mass is 263 g/mol. The molecule has 0 radical (unpaired) electrons. The van der Waals surface area contributed by atoms with Gasteiger partial charge in [0, 0.05) is 5.56 Å². The van der Waals surface area contributed by atoms with Gasteiger partial charge in [0.2, 0.25) is 0 Å². The quantitative estimate of drug-likeness (QED) is 0.870. The van der Waals surface area contributed by atoms with Gasteiger partial charge in [0.05, 0.1) is 10.7 Å². The number of rotatable bonds is 2. The van der Waals surface area contributed by atoms with E-state index in [2.05, 4.69) is 5.32 Å². The van der Waals surface area contributed by atoms with Crippen LogP contribution in [0.25, 0.3) is 0 Å². The molecule has 2 aromatic carbocycles. The highest BCUT2D eigenvalue weighted by molar-refractivity contribution is 6.33. The molecule has 0 atom stereocenters. The van der Waals surface area contributed by atoms with E-state index in [1.165, 1.54) is 18.2 Å². The molecule has 1 amide bonds. The Kier molecular flexibility index (Phi) is 3.63. The Hall–Kier alpha value is -1.87. The Labute approximate surface area is 109 Å². The van der Waals surface area contributed by atoms with Gasteiger partial charge >= 0.3 is 0 Å². The maximum atomic E-state index is 13.1. The summed E-state index contributed by atoms with van der Waals surface area (Å²) in [6.07, 6.45) is 0. The van der Waals surface area contributed by atoms with Crippen LogP contribution in [0, 0.1) is 12.7 Å². The van der Waals surface area contributed by atoms with E-state index in [4.69, 9.17) is 11.6 Å². The average Bonchev–Trinajstić information content (AvgIpc) is 2.34. The van der Waals surface area contributed by atoms with Crippen molar-refractivity contribution in [1.29, 1.82) is 0 Å². The number of halogens is 2. The Bertz CT molecular complexity index is 598. The van der Waals surface area contributed by atoms with Gasteiger partial charge < -0.3 is 5.32 Å². The number of benzene rings is 2. The van der Waals surface area contributed by atoms with Crippen molar-refractivity contribution in [2.75, 3.05) is 5.32 Å². The van der Waals surface area contributed by atoms with Crippen LogP contribution in [-0.2, 0) is 0 Å². The predicted octanol–water partition coefficient (Wildman–Crippen LogP) is 4.04. The van der Waals surface area contributed by atoms with E-state index < -0.39 is 5.82 Å². The fraction of sp³-hybridized carbons (Fsp3) is 0.0714. The lowest BCUT2D eigenvalue weighted by molar-refractivity contribution is 0.102. The molecule has 2 rings (SSSR count). The van der Waals surface area contributed by atoms with Crippen molar-refractivity contribution >= 4 is 23.2 Å². The molecule has 0 bridgehead atoms. The van der Waals surface area contributed by atoms with E-state index in [1.54, 1.807) is 18.2 Å². The molecule has 0 aliphatic heterocycles. The highest BCUT2D eigenvalue weighted by Crippen LogP contribution is 2.23. The van der Waals surface area contributed by atoms with Crippen LogP contribution in [0.4, 0.5) is 10.1 Å². The third-order valence-corrected chi connectivity index (χ3v) is 2.79. The summed E-state index contributed by atoms with van der Waals surface area (Å²) >= 11 is 5.88. The van der Waals surface area contributed by atoms with E-state index in [1.807, 2.05) is 13.0 Å². The van der Waals surface area contributed by atoms with Gasteiger partial charge in [-0.05, 0) is 37.3 Å². The lowest BCUT2D eigenvalue weighted by Gasteiger charge is -2.07. The number of anilines is 1. The van der Waals surface area contributed by atoms with Gasteiger partial charge in [-0.15, -0.1) is 0 Å². The maximum Gasteiger partial charge on any atom is 0.255 e. The van der Waals surface area contributed by atoms with Crippen LogP contribution in [0.5, 0.6) is 0 Å². The van der Waals surface area contributed by atoms with Crippen molar-refractivity contribution in [3.8, 4) is 0 Å². The van der Waals surface area contributed by atoms with Crippen molar-refractivity contribution in [1.82, 2.24) is 0 Å². The molecular formula is C14H11ClFNO. The largest absolute Gasteiger partial charge is 0.321 e. The molecule has 2 nitrogen and oxygen atoms in total. The second-order valence-electron chi connectivity index (χ2n) is 3.95. The van der Waals surface area contributed by atoms with Crippen LogP contribution in [0.3, 0.4) is 0 Å². The normalized spacial score (nSPS) is 10.2. The summed E-state index contributed by atoms with van der Waals surface area (Å²) in [4.78, 5) is 11.9. The van der Waals surface area contributed by atoms with Crippen LogP contribution in [0.2, 0.25) is 5.02 Å². The molecule has 92 valence electrons. The first-order valence-corrected chi connectivity index (χ1v) is 5.77. The van der Waals surface area contributed by atoms with Crippen LogP contribution in [-0.4, -0.2) is 5.91 Å². The summed E-state index contributed by atoms with van der Waals surface area (Å²) < 4.78 is 13.1. The molecular weight excluding hydrogens is 253 g/mol. The van der Waals surface area contributed by atoms with Gasteiger partial charge in [-0.1, -0.05) is 29.3 Å². The molecule has 0 aromatic heterocycles. The minimum atomic E-state index is -0.445. The first kappa shape index (κ1) is 12.6. The van der Waals surface area contributed by atoms with Gasteiger partial charge in [-0.3, -0.25) is 4.79 Å². The fourth-order valence-electron chi connectivity index (χ4n) is 1.57. The molecule has 0 spiro atoms. The average molecular weight is 264 g/mol. The van der Waals surface area contributed by atoms with Crippen LogP contribution in [0.1, 0.15) is 15.9 Å². The second kappa shape index (κ2) is 5.19. The Morgan fingerprint density at radius 2 is 2.00 bits per heavy atom. The summed E-state index contributed by atoms with van der Waals surface area (Å²) in [7, 11) is 0. The minimum absolute atomic E-state index is 0.267. The van der Waals surface area contributed by atoms with Crippen LogP contribution in [0.15, 0.2) is 42.5 Å². The number of nitrogens with one attached hydrogen (secondary N) is 1. The summed E-state index contributed by atoms with van der Waals surface area (Å²) in [6.45, 7) is 1.89. The number of aryl methyl sites for hydroxylation is 1. The summed E-state index contributed by atoms with van der Waals surface area (Å²) in [5, 5.41) is 2.89. The molecule has 18 heavy (non-hydrogen) atoms. The lowest BCUT2D eigenvalue weighted by Crippen LogP contribution is -2.12. The molecule has 0 heterocycles. The molecule has 2 aromatic rings. The molecule has 0 saturated carbocycles. The Morgan fingerprint density at radius 1 is 1.22 bits per heavy atom. The van der Waals surface area contributed by atoms with Gasteiger partial charge in [-0.25, -0.2) is 4.39 Å².